The van der Waals surface area contributed by atoms with Crippen molar-refractivity contribution >= 4 is 11.9 Å². The highest BCUT2D eigenvalue weighted by Crippen LogP contribution is 2.25. The van der Waals surface area contributed by atoms with E-state index in [1.807, 2.05) is 24.9 Å². The Kier molecular flexibility index (Phi) is 4.62. The maximum Gasteiger partial charge on any atom is 0.308 e. The van der Waals surface area contributed by atoms with Crippen LogP contribution in [0.5, 0.6) is 0 Å². The van der Waals surface area contributed by atoms with E-state index in [-0.39, 0.29) is 6.54 Å². The zero-order chi connectivity index (χ0) is 15.6. The van der Waals surface area contributed by atoms with Crippen LogP contribution in [0, 0.1) is 11.8 Å². The minimum absolute atomic E-state index is 0.263. The summed E-state index contributed by atoms with van der Waals surface area (Å²) in [4.78, 5) is 24.4. The van der Waals surface area contributed by atoms with Gasteiger partial charge in [-0.2, -0.15) is 5.10 Å². The van der Waals surface area contributed by atoms with Gasteiger partial charge >= 0.3 is 11.9 Å². The van der Waals surface area contributed by atoms with Crippen LogP contribution in [-0.4, -0.2) is 49.9 Å². The molecule has 2 N–H and O–H groups in total. The zero-order valence-electron chi connectivity index (χ0n) is 12.3. The molecule has 116 valence electrons. The molecule has 0 spiro atoms. The molecule has 2 heterocycles. The van der Waals surface area contributed by atoms with Crippen molar-refractivity contribution in [3.8, 4) is 0 Å². The van der Waals surface area contributed by atoms with Crippen molar-refractivity contribution in [2.75, 3.05) is 13.1 Å². The average Bonchev–Trinajstić information content (AvgIpc) is 2.79. The summed E-state index contributed by atoms with van der Waals surface area (Å²) in [5.74, 6) is -3.70. The van der Waals surface area contributed by atoms with Gasteiger partial charge in [0, 0.05) is 20.1 Å². The fourth-order valence-electron chi connectivity index (χ4n) is 2.83. The molecule has 1 aromatic heterocycles. The molecule has 0 saturated carbocycles. The summed E-state index contributed by atoms with van der Waals surface area (Å²) in [6.45, 7) is 3.48. The first-order valence-electron chi connectivity index (χ1n) is 7.12. The van der Waals surface area contributed by atoms with E-state index in [4.69, 9.17) is 5.11 Å². The minimum atomic E-state index is -1.04. The number of aliphatic carboxylic acids is 2. The lowest BCUT2D eigenvalue weighted by Gasteiger charge is -2.34. The van der Waals surface area contributed by atoms with Crippen LogP contribution in [0.4, 0.5) is 0 Å². The van der Waals surface area contributed by atoms with Crippen LogP contribution in [0.2, 0.25) is 0 Å². The molecule has 21 heavy (non-hydrogen) atoms. The average molecular weight is 295 g/mol. The summed E-state index contributed by atoms with van der Waals surface area (Å²) in [5.41, 5.74) is 2.02. The van der Waals surface area contributed by atoms with E-state index in [1.54, 1.807) is 4.68 Å². The number of carboxylic acids is 2. The molecule has 0 amide bonds. The first kappa shape index (κ1) is 15.5. The van der Waals surface area contributed by atoms with E-state index in [2.05, 4.69) is 5.10 Å². The van der Waals surface area contributed by atoms with Crippen LogP contribution < -0.4 is 0 Å². The molecule has 1 fully saturated rings. The lowest BCUT2D eigenvalue weighted by molar-refractivity contribution is -0.157. The molecule has 0 aliphatic carbocycles. The van der Waals surface area contributed by atoms with Crippen molar-refractivity contribution in [1.82, 2.24) is 14.7 Å². The molecular weight excluding hydrogens is 274 g/mol. The van der Waals surface area contributed by atoms with Gasteiger partial charge < -0.3 is 10.2 Å². The maximum atomic E-state index is 11.3. The quantitative estimate of drug-likeness (QED) is 0.825. The molecule has 1 aromatic rings. The van der Waals surface area contributed by atoms with Crippen molar-refractivity contribution in [2.45, 2.75) is 26.3 Å². The second kappa shape index (κ2) is 6.26. The Morgan fingerprint density at radius 3 is 2.52 bits per heavy atom. The van der Waals surface area contributed by atoms with Gasteiger partial charge in [-0.15, -0.1) is 0 Å². The van der Waals surface area contributed by atoms with Crippen molar-refractivity contribution < 1.29 is 19.8 Å². The Morgan fingerprint density at radius 1 is 1.33 bits per heavy atom. The number of carboxylic acid groups (broad SMARTS) is 2. The van der Waals surface area contributed by atoms with E-state index in [9.17, 15) is 14.7 Å². The number of nitrogens with zero attached hydrogens (tertiary/aromatic N) is 3. The zero-order valence-corrected chi connectivity index (χ0v) is 12.3. The van der Waals surface area contributed by atoms with Gasteiger partial charge in [0.2, 0.25) is 0 Å². The van der Waals surface area contributed by atoms with Crippen molar-refractivity contribution in [1.29, 1.82) is 0 Å². The topological polar surface area (TPSA) is 95.7 Å². The van der Waals surface area contributed by atoms with Gasteiger partial charge in [0.05, 0.1) is 23.2 Å². The predicted octanol–water partition coefficient (Wildman–Crippen LogP) is 0.590. The smallest absolute Gasteiger partial charge is 0.308 e. The molecule has 2 atom stereocenters. The molecular formula is C14H21N3O4. The van der Waals surface area contributed by atoms with Crippen LogP contribution in [0.25, 0.3) is 0 Å². The monoisotopic (exact) mass is 295 g/mol. The molecule has 2 unspecified atom stereocenters. The standard InChI is InChI=1S/C14H21N3O4/c1-3-9-6-10(16(2)15-9)7-17-5-4-11(13(18)19)12(8-17)14(20)21/h6,11-12H,3-5,7-8H2,1-2H3,(H,18,19)(H,20,21). The molecule has 1 saturated heterocycles. The second-order valence-corrected chi connectivity index (χ2v) is 5.52. The Bertz CT molecular complexity index is 540. The van der Waals surface area contributed by atoms with Gasteiger partial charge in [0.15, 0.2) is 0 Å². The van der Waals surface area contributed by atoms with Gasteiger partial charge in [-0.3, -0.25) is 19.2 Å². The Labute approximate surface area is 123 Å². The second-order valence-electron chi connectivity index (χ2n) is 5.52. The molecule has 7 nitrogen and oxygen atoms in total. The first-order valence-corrected chi connectivity index (χ1v) is 7.12. The summed E-state index contributed by atoms with van der Waals surface area (Å²) < 4.78 is 1.80. The van der Waals surface area contributed by atoms with E-state index >= 15 is 0 Å². The van der Waals surface area contributed by atoms with Crippen LogP contribution in [0.15, 0.2) is 6.07 Å². The highest BCUT2D eigenvalue weighted by molar-refractivity contribution is 5.80. The van der Waals surface area contributed by atoms with Crippen molar-refractivity contribution in [3.05, 3.63) is 17.5 Å². The number of carbonyl (C=O) groups is 2. The van der Waals surface area contributed by atoms with Crippen molar-refractivity contribution in [2.24, 2.45) is 18.9 Å². The summed E-state index contributed by atoms with van der Waals surface area (Å²) in [5, 5.41) is 22.7. The number of likely N-dealkylation sites (tertiary alicyclic amines) is 1. The van der Waals surface area contributed by atoms with Gasteiger partial charge in [-0.25, -0.2) is 0 Å². The highest BCUT2D eigenvalue weighted by atomic mass is 16.4. The molecule has 1 aliphatic heterocycles. The van der Waals surface area contributed by atoms with Gasteiger partial charge in [-0.1, -0.05) is 6.92 Å². The number of aryl methyl sites for hydroxylation is 2. The molecule has 0 radical (unpaired) electrons. The van der Waals surface area contributed by atoms with E-state index in [0.29, 0.717) is 19.5 Å². The van der Waals surface area contributed by atoms with E-state index in [0.717, 1.165) is 17.8 Å². The number of hydrogen-bond acceptors (Lipinski definition) is 4. The fraction of sp³-hybridized carbons (Fsp3) is 0.643. The Balaban J connectivity index is 2.07. The lowest BCUT2D eigenvalue weighted by atomic mass is 9.85. The summed E-state index contributed by atoms with van der Waals surface area (Å²) >= 11 is 0. The predicted molar refractivity (Wildman–Crippen MR) is 74.7 cm³/mol. The molecule has 1 aliphatic rings. The van der Waals surface area contributed by atoms with Crippen LogP contribution in [-0.2, 0) is 29.6 Å². The normalized spacial score (nSPS) is 23.1. The summed E-state index contributed by atoms with van der Waals surface area (Å²) in [6.07, 6.45) is 1.22. The fourth-order valence-corrected chi connectivity index (χ4v) is 2.83. The highest BCUT2D eigenvalue weighted by Gasteiger charge is 2.38. The van der Waals surface area contributed by atoms with Crippen LogP contribution >= 0.6 is 0 Å². The van der Waals surface area contributed by atoms with Gasteiger partial charge in [0.1, 0.15) is 0 Å². The number of rotatable bonds is 5. The minimum Gasteiger partial charge on any atom is -0.481 e. The van der Waals surface area contributed by atoms with E-state index in [1.165, 1.54) is 0 Å². The third-order valence-corrected chi connectivity index (χ3v) is 4.11. The van der Waals surface area contributed by atoms with Gasteiger partial charge in [-0.05, 0) is 25.5 Å². The largest absolute Gasteiger partial charge is 0.481 e. The number of piperidine rings is 1. The Hall–Kier alpha value is -1.89. The molecule has 7 heteroatoms. The molecule has 0 bridgehead atoms. The summed E-state index contributed by atoms with van der Waals surface area (Å²) in [6, 6.07) is 2.01. The van der Waals surface area contributed by atoms with Gasteiger partial charge in [0.25, 0.3) is 0 Å². The third-order valence-electron chi connectivity index (χ3n) is 4.11. The van der Waals surface area contributed by atoms with E-state index < -0.39 is 23.8 Å². The third kappa shape index (κ3) is 3.41. The lowest BCUT2D eigenvalue weighted by Crippen LogP contribution is -2.46. The van der Waals surface area contributed by atoms with Crippen molar-refractivity contribution in [3.63, 3.8) is 0 Å². The van der Waals surface area contributed by atoms with Crippen LogP contribution in [0.3, 0.4) is 0 Å². The first-order chi connectivity index (χ1) is 9.92. The Morgan fingerprint density at radius 2 is 2.00 bits per heavy atom. The summed E-state index contributed by atoms with van der Waals surface area (Å²) in [7, 11) is 1.87. The molecule has 0 aromatic carbocycles. The van der Waals surface area contributed by atoms with Crippen LogP contribution in [0.1, 0.15) is 24.7 Å². The molecule has 2 rings (SSSR count). The number of aromatic nitrogens is 2. The SMILES string of the molecule is CCc1cc(CN2CCC(C(=O)O)C(C(=O)O)C2)n(C)n1. The number of hydrogen-bond donors (Lipinski definition) is 2. The maximum absolute atomic E-state index is 11.3.